The molecule has 0 atom stereocenters. The lowest BCUT2D eigenvalue weighted by Gasteiger charge is -2.11. The van der Waals surface area contributed by atoms with Gasteiger partial charge in [0.05, 0.1) is 16.8 Å². The molecule has 0 spiro atoms. The number of aryl methyl sites for hydroxylation is 1. The zero-order valence-corrected chi connectivity index (χ0v) is 17.7. The number of aromatic nitrogens is 1. The number of hydrogen-bond acceptors (Lipinski definition) is 4. The minimum Gasteiger partial charge on any atom is -0.454 e. The summed E-state index contributed by atoms with van der Waals surface area (Å²) < 4.78 is 10.9. The minimum atomic E-state index is -0.0784. The molecule has 0 saturated carbocycles. The molecule has 0 radical (unpaired) electrons. The molecular formula is C27H24N2O3. The number of nitrogens with zero attached hydrogens (tertiary/aromatic N) is 1. The number of nitrogens with one attached hydrogen (secondary N) is 1. The molecule has 1 aromatic heterocycles. The van der Waals surface area contributed by atoms with Gasteiger partial charge in [-0.15, -0.1) is 0 Å². The van der Waals surface area contributed by atoms with E-state index in [2.05, 4.69) is 29.6 Å². The van der Waals surface area contributed by atoms with Gasteiger partial charge in [0.25, 0.3) is 5.91 Å². The number of pyridine rings is 1. The van der Waals surface area contributed by atoms with E-state index in [1.807, 2.05) is 54.6 Å². The van der Waals surface area contributed by atoms with Crippen molar-refractivity contribution in [2.45, 2.75) is 19.3 Å². The van der Waals surface area contributed by atoms with Crippen molar-refractivity contribution >= 4 is 16.8 Å². The average molecular weight is 425 g/mol. The van der Waals surface area contributed by atoms with E-state index < -0.39 is 0 Å². The predicted molar refractivity (Wildman–Crippen MR) is 125 cm³/mol. The van der Waals surface area contributed by atoms with E-state index >= 15 is 0 Å². The zero-order valence-electron chi connectivity index (χ0n) is 17.7. The molecule has 1 amide bonds. The monoisotopic (exact) mass is 424 g/mol. The summed E-state index contributed by atoms with van der Waals surface area (Å²) in [5, 5.41) is 3.93. The van der Waals surface area contributed by atoms with Crippen molar-refractivity contribution in [1.29, 1.82) is 0 Å². The number of rotatable bonds is 7. The molecule has 1 N–H and O–H groups in total. The van der Waals surface area contributed by atoms with Crippen LogP contribution in [0.2, 0.25) is 0 Å². The summed E-state index contributed by atoms with van der Waals surface area (Å²) in [7, 11) is 0. The Labute approximate surface area is 187 Å². The Morgan fingerprint density at radius 2 is 1.69 bits per heavy atom. The van der Waals surface area contributed by atoms with E-state index in [0.717, 1.165) is 47.2 Å². The molecule has 32 heavy (non-hydrogen) atoms. The molecule has 5 heteroatoms. The van der Waals surface area contributed by atoms with Crippen molar-refractivity contribution in [3.8, 4) is 22.8 Å². The fourth-order valence-electron chi connectivity index (χ4n) is 3.96. The van der Waals surface area contributed by atoms with Crippen LogP contribution >= 0.6 is 0 Å². The molecule has 5 rings (SSSR count). The number of unbranched alkanes of at least 4 members (excludes halogenated alkanes) is 1. The zero-order chi connectivity index (χ0) is 21.8. The molecule has 1 aliphatic rings. The lowest BCUT2D eigenvalue weighted by atomic mass is 10.0. The van der Waals surface area contributed by atoms with Crippen LogP contribution in [-0.2, 0) is 6.42 Å². The third-order valence-corrected chi connectivity index (χ3v) is 5.65. The van der Waals surface area contributed by atoms with Crippen LogP contribution < -0.4 is 14.8 Å². The number of hydrogen-bond donors (Lipinski definition) is 1. The molecule has 3 aromatic carbocycles. The van der Waals surface area contributed by atoms with Gasteiger partial charge in [0.1, 0.15) is 0 Å². The van der Waals surface area contributed by atoms with E-state index in [9.17, 15) is 4.79 Å². The highest BCUT2D eigenvalue weighted by Crippen LogP contribution is 2.36. The normalized spacial score (nSPS) is 12.1. The Balaban J connectivity index is 1.33. The van der Waals surface area contributed by atoms with Gasteiger partial charge in [-0.1, -0.05) is 48.5 Å². The topological polar surface area (TPSA) is 60.5 Å². The van der Waals surface area contributed by atoms with Crippen molar-refractivity contribution < 1.29 is 14.3 Å². The lowest BCUT2D eigenvalue weighted by molar-refractivity contribution is 0.0954. The summed E-state index contributed by atoms with van der Waals surface area (Å²) >= 11 is 0. The van der Waals surface area contributed by atoms with Gasteiger partial charge >= 0.3 is 0 Å². The Hall–Kier alpha value is -3.86. The maximum absolute atomic E-state index is 13.1. The van der Waals surface area contributed by atoms with Crippen LogP contribution in [0.3, 0.4) is 0 Å². The maximum Gasteiger partial charge on any atom is 0.252 e. The molecule has 0 saturated heterocycles. The smallest absolute Gasteiger partial charge is 0.252 e. The van der Waals surface area contributed by atoms with Crippen LogP contribution in [0.1, 0.15) is 28.8 Å². The Kier molecular flexibility index (Phi) is 5.71. The average Bonchev–Trinajstić information content (AvgIpc) is 3.31. The van der Waals surface area contributed by atoms with Crippen LogP contribution in [-0.4, -0.2) is 24.2 Å². The summed E-state index contributed by atoms with van der Waals surface area (Å²) in [5.41, 5.74) is 4.36. The highest BCUT2D eigenvalue weighted by atomic mass is 16.7. The predicted octanol–water partition coefficient (Wildman–Crippen LogP) is 5.38. The van der Waals surface area contributed by atoms with Gasteiger partial charge < -0.3 is 14.8 Å². The van der Waals surface area contributed by atoms with Gasteiger partial charge in [-0.3, -0.25) is 4.79 Å². The largest absolute Gasteiger partial charge is 0.454 e. The van der Waals surface area contributed by atoms with Crippen molar-refractivity contribution in [1.82, 2.24) is 10.3 Å². The Morgan fingerprint density at radius 1 is 0.875 bits per heavy atom. The first-order valence-corrected chi connectivity index (χ1v) is 10.9. The second kappa shape index (κ2) is 9.10. The second-order valence-corrected chi connectivity index (χ2v) is 7.84. The lowest BCUT2D eigenvalue weighted by Crippen LogP contribution is -2.25. The van der Waals surface area contributed by atoms with E-state index in [1.165, 1.54) is 5.56 Å². The number of benzene rings is 3. The van der Waals surface area contributed by atoms with Crippen molar-refractivity contribution in [2.24, 2.45) is 0 Å². The first kappa shape index (κ1) is 20.1. The van der Waals surface area contributed by atoms with Crippen molar-refractivity contribution in [3.63, 3.8) is 0 Å². The van der Waals surface area contributed by atoms with Crippen LogP contribution in [0, 0.1) is 0 Å². The Bertz CT molecular complexity index is 1250. The maximum atomic E-state index is 13.1. The van der Waals surface area contributed by atoms with Crippen molar-refractivity contribution in [2.75, 3.05) is 13.3 Å². The van der Waals surface area contributed by atoms with Crippen LogP contribution in [0.5, 0.6) is 11.5 Å². The van der Waals surface area contributed by atoms with E-state index in [1.54, 1.807) is 0 Å². The van der Waals surface area contributed by atoms with E-state index in [0.29, 0.717) is 17.9 Å². The van der Waals surface area contributed by atoms with Crippen LogP contribution in [0.4, 0.5) is 0 Å². The number of carbonyl (C=O) groups is 1. The first-order chi connectivity index (χ1) is 15.8. The molecule has 4 aromatic rings. The quantitative estimate of drug-likeness (QED) is 0.405. The molecule has 1 aliphatic heterocycles. The first-order valence-electron chi connectivity index (χ1n) is 10.9. The van der Waals surface area contributed by atoms with E-state index in [-0.39, 0.29) is 12.7 Å². The summed E-state index contributed by atoms with van der Waals surface area (Å²) in [6, 6.07) is 25.7. The number of ether oxygens (including phenoxy) is 2. The highest BCUT2D eigenvalue weighted by Gasteiger charge is 2.17. The summed E-state index contributed by atoms with van der Waals surface area (Å²) in [6.07, 6.45) is 2.98. The molecule has 5 nitrogen and oxygen atoms in total. The van der Waals surface area contributed by atoms with Gasteiger partial charge in [-0.25, -0.2) is 4.98 Å². The molecule has 0 aliphatic carbocycles. The fraction of sp³-hybridized carbons (Fsp3) is 0.185. The SMILES string of the molecule is O=C(NCCCCc1ccccc1)c1cc(-c2ccc3c(c2)OCO3)nc2ccccc12. The van der Waals surface area contributed by atoms with Gasteiger partial charge in [0.2, 0.25) is 6.79 Å². The summed E-state index contributed by atoms with van der Waals surface area (Å²) in [4.78, 5) is 17.9. The molecule has 0 unspecified atom stereocenters. The third-order valence-electron chi connectivity index (χ3n) is 5.65. The molecule has 0 fully saturated rings. The minimum absolute atomic E-state index is 0.0784. The molecule has 160 valence electrons. The van der Waals surface area contributed by atoms with Gasteiger partial charge in [-0.05, 0) is 55.2 Å². The summed E-state index contributed by atoms with van der Waals surface area (Å²) in [5.74, 6) is 1.34. The number of carbonyl (C=O) groups excluding carboxylic acids is 1. The standard InChI is InChI=1S/C27H24N2O3/c30-27(28-15-7-6-10-19-8-2-1-3-9-19)22-17-24(29-23-12-5-4-11-21(22)23)20-13-14-25-26(16-20)32-18-31-25/h1-5,8-9,11-14,16-17H,6-7,10,15,18H2,(H,28,30). The van der Waals surface area contributed by atoms with Crippen molar-refractivity contribution in [3.05, 3.63) is 90.0 Å². The van der Waals surface area contributed by atoms with Gasteiger partial charge in [0.15, 0.2) is 11.5 Å². The molecular weight excluding hydrogens is 400 g/mol. The molecule has 0 bridgehead atoms. The fourth-order valence-corrected chi connectivity index (χ4v) is 3.96. The van der Waals surface area contributed by atoms with Gasteiger partial charge in [0, 0.05) is 17.5 Å². The number of amides is 1. The molecule has 2 heterocycles. The second-order valence-electron chi connectivity index (χ2n) is 7.84. The van der Waals surface area contributed by atoms with Gasteiger partial charge in [-0.2, -0.15) is 0 Å². The summed E-state index contributed by atoms with van der Waals surface area (Å²) in [6.45, 7) is 0.865. The number of fused-ring (bicyclic) bond motifs is 2. The van der Waals surface area contributed by atoms with E-state index in [4.69, 9.17) is 14.5 Å². The third kappa shape index (κ3) is 4.28. The van der Waals surface area contributed by atoms with Crippen LogP contribution in [0.25, 0.3) is 22.2 Å². The highest BCUT2D eigenvalue weighted by molar-refractivity contribution is 6.07. The Morgan fingerprint density at radius 3 is 2.59 bits per heavy atom. The van der Waals surface area contributed by atoms with Crippen LogP contribution in [0.15, 0.2) is 78.9 Å². The number of para-hydroxylation sites is 1.